The van der Waals surface area contributed by atoms with Crippen LogP contribution in [0.4, 0.5) is 0 Å². The fraction of sp³-hybridized carbons (Fsp3) is 0.909. The molecule has 1 amide bonds. The number of amides is 1. The molecule has 0 aromatic heterocycles. The van der Waals surface area contributed by atoms with Crippen LogP contribution in [0.3, 0.4) is 0 Å². The Labute approximate surface area is 92.4 Å². The number of piperidine rings is 1. The molecule has 0 unspecified atom stereocenters. The van der Waals surface area contributed by atoms with Crippen molar-refractivity contribution in [3.8, 4) is 0 Å². The largest absolute Gasteiger partial charge is 0.349 e. The van der Waals surface area contributed by atoms with Gasteiger partial charge in [-0.3, -0.25) is 4.79 Å². The molecule has 1 heterocycles. The lowest BCUT2D eigenvalue weighted by molar-refractivity contribution is -0.134. The Morgan fingerprint density at radius 2 is 2.00 bits per heavy atom. The van der Waals surface area contributed by atoms with Gasteiger partial charge < -0.3 is 15.5 Å². The molecule has 0 aromatic rings. The average Bonchev–Trinajstić information content (AvgIpc) is 2.26. The van der Waals surface area contributed by atoms with Crippen LogP contribution in [0.5, 0.6) is 0 Å². The summed E-state index contributed by atoms with van der Waals surface area (Å²) >= 11 is 0. The Hall–Kier alpha value is -0.610. The monoisotopic (exact) mass is 213 g/mol. The standard InChI is InChI=1S/C11H23N3O/c1-13(2)11(15)10-4-8-14(9-5-10)7-3-6-12/h10H,3-9,12H2,1-2H3. The Morgan fingerprint density at radius 1 is 1.40 bits per heavy atom. The fourth-order valence-electron chi connectivity index (χ4n) is 2.08. The summed E-state index contributed by atoms with van der Waals surface area (Å²) in [6.45, 7) is 3.93. The summed E-state index contributed by atoms with van der Waals surface area (Å²) in [4.78, 5) is 15.8. The molecule has 4 nitrogen and oxygen atoms in total. The molecule has 1 saturated heterocycles. The summed E-state index contributed by atoms with van der Waals surface area (Å²) in [5.74, 6) is 0.530. The van der Waals surface area contributed by atoms with Crippen LogP contribution in [0, 0.1) is 5.92 Å². The average molecular weight is 213 g/mol. The quantitative estimate of drug-likeness (QED) is 0.722. The van der Waals surface area contributed by atoms with Crippen LogP contribution in [0.1, 0.15) is 19.3 Å². The number of carbonyl (C=O) groups excluding carboxylic acids is 1. The number of rotatable bonds is 4. The van der Waals surface area contributed by atoms with Gasteiger partial charge in [0, 0.05) is 20.0 Å². The number of hydrogen-bond acceptors (Lipinski definition) is 3. The van der Waals surface area contributed by atoms with Crippen LogP contribution < -0.4 is 5.73 Å². The van der Waals surface area contributed by atoms with E-state index in [-0.39, 0.29) is 11.8 Å². The highest BCUT2D eigenvalue weighted by Crippen LogP contribution is 2.18. The lowest BCUT2D eigenvalue weighted by atomic mass is 9.95. The first kappa shape index (κ1) is 12.5. The van der Waals surface area contributed by atoms with E-state index >= 15 is 0 Å². The Balaban J connectivity index is 2.26. The van der Waals surface area contributed by atoms with Crippen LogP contribution in [0.25, 0.3) is 0 Å². The first-order valence-electron chi connectivity index (χ1n) is 5.78. The molecule has 0 atom stereocenters. The molecule has 1 rings (SSSR count). The van der Waals surface area contributed by atoms with E-state index in [1.54, 1.807) is 4.90 Å². The normalized spacial score (nSPS) is 19.1. The summed E-state index contributed by atoms with van der Waals surface area (Å²) in [6.07, 6.45) is 3.06. The van der Waals surface area contributed by atoms with Gasteiger partial charge in [-0.15, -0.1) is 0 Å². The first-order valence-corrected chi connectivity index (χ1v) is 5.78. The minimum atomic E-state index is 0.245. The second-order valence-electron chi connectivity index (χ2n) is 4.49. The molecule has 2 N–H and O–H groups in total. The molecule has 1 aliphatic rings. The van der Waals surface area contributed by atoms with Crippen molar-refractivity contribution in [1.29, 1.82) is 0 Å². The number of likely N-dealkylation sites (tertiary alicyclic amines) is 1. The summed E-state index contributed by atoms with van der Waals surface area (Å²) in [5.41, 5.74) is 5.47. The van der Waals surface area contributed by atoms with Crippen molar-refractivity contribution >= 4 is 5.91 Å². The van der Waals surface area contributed by atoms with Gasteiger partial charge in [0.2, 0.25) is 5.91 Å². The number of carbonyl (C=O) groups is 1. The van der Waals surface area contributed by atoms with E-state index in [2.05, 4.69) is 4.90 Å². The van der Waals surface area contributed by atoms with Gasteiger partial charge in [-0.1, -0.05) is 0 Å². The van der Waals surface area contributed by atoms with Gasteiger partial charge in [-0.05, 0) is 45.4 Å². The van der Waals surface area contributed by atoms with Crippen molar-refractivity contribution in [2.24, 2.45) is 11.7 Å². The molecular weight excluding hydrogens is 190 g/mol. The summed E-state index contributed by atoms with van der Waals surface area (Å²) in [5, 5.41) is 0. The Bertz CT molecular complexity index is 198. The van der Waals surface area contributed by atoms with E-state index in [1.807, 2.05) is 14.1 Å². The van der Waals surface area contributed by atoms with Gasteiger partial charge in [0.05, 0.1) is 0 Å². The number of nitrogens with two attached hydrogens (primary N) is 1. The third kappa shape index (κ3) is 3.80. The van der Waals surface area contributed by atoms with Crippen molar-refractivity contribution in [3.63, 3.8) is 0 Å². The topological polar surface area (TPSA) is 49.6 Å². The molecule has 0 saturated carbocycles. The number of nitrogens with zero attached hydrogens (tertiary/aromatic N) is 2. The third-order valence-corrected chi connectivity index (χ3v) is 3.06. The van der Waals surface area contributed by atoms with E-state index in [9.17, 15) is 4.79 Å². The van der Waals surface area contributed by atoms with Crippen molar-refractivity contribution in [3.05, 3.63) is 0 Å². The molecule has 0 bridgehead atoms. The summed E-state index contributed by atoms with van der Waals surface area (Å²) in [6, 6.07) is 0. The summed E-state index contributed by atoms with van der Waals surface area (Å²) in [7, 11) is 3.67. The second-order valence-corrected chi connectivity index (χ2v) is 4.49. The van der Waals surface area contributed by atoms with E-state index < -0.39 is 0 Å². The SMILES string of the molecule is CN(C)C(=O)C1CCN(CCCN)CC1. The maximum absolute atomic E-state index is 11.7. The minimum Gasteiger partial charge on any atom is -0.349 e. The van der Waals surface area contributed by atoms with E-state index in [4.69, 9.17) is 5.73 Å². The van der Waals surface area contributed by atoms with Gasteiger partial charge in [0.1, 0.15) is 0 Å². The molecule has 0 radical (unpaired) electrons. The highest BCUT2D eigenvalue weighted by Gasteiger charge is 2.25. The predicted molar refractivity (Wildman–Crippen MR) is 61.5 cm³/mol. The lowest BCUT2D eigenvalue weighted by Crippen LogP contribution is -2.40. The highest BCUT2D eigenvalue weighted by atomic mass is 16.2. The van der Waals surface area contributed by atoms with Crippen molar-refractivity contribution in [2.75, 3.05) is 40.3 Å². The van der Waals surface area contributed by atoms with Gasteiger partial charge in [0.25, 0.3) is 0 Å². The Kier molecular flexibility index (Phi) is 5.05. The van der Waals surface area contributed by atoms with E-state index in [1.165, 1.54) is 0 Å². The molecule has 1 fully saturated rings. The molecular formula is C11H23N3O. The molecule has 0 spiro atoms. The maximum Gasteiger partial charge on any atom is 0.225 e. The first-order chi connectivity index (χ1) is 7.15. The zero-order chi connectivity index (χ0) is 11.3. The van der Waals surface area contributed by atoms with Crippen LogP contribution in [-0.2, 0) is 4.79 Å². The smallest absolute Gasteiger partial charge is 0.225 e. The van der Waals surface area contributed by atoms with Crippen molar-refractivity contribution in [2.45, 2.75) is 19.3 Å². The maximum atomic E-state index is 11.7. The van der Waals surface area contributed by atoms with Crippen molar-refractivity contribution in [1.82, 2.24) is 9.80 Å². The van der Waals surface area contributed by atoms with Gasteiger partial charge in [-0.25, -0.2) is 0 Å². The second kappa shape index (κ2) is 6.08. The zero-order valence-corrected chi connectivity index (χ0v) is 9.91. The predicted octanol–water partition coefficient (Wildman–Crippen LogP) is 0.135. The minimum absolute atomic E-state index is 0.245. The van der Waals surface area contributed by atoms with Crippen LogP contribution in [0.15, 0.2) is 0 Å². The lowest BCUT2D eigenvalue weighted by Gasteiger charge is -2.32. The molecule has 88 valence electrons. The van der Waals surface area contributed by atoms with Gasteiger partial charge in [-0.2, -0.15) is 0 Å². The van der Waals surface area contributed by atoms with Crippen LogP contribution in [0.2, 0.25) is 0 Å². The molecule has 1 aliphatic heterocycles. The summed E-state index contributed by atoms with van der Waals surface area (Å²) < 4.78 is 0. The highest BCUT2D eigenvalue weighted by molar-refractivity contribution is 5.78. The zero-order valence-electron chi connectivity index (χ0n) is 9.91. The van der Waals surface area contributed by atoms with Gasteiger partial charge >= 0.3 is 0 Å². The Morgan fingerprint density at radius 3 is 2.47 bits per heavy atom. The van der Waals surface area contributed by atoms with E-state index in [0.29, 0.717) is 0 Å². The third-order valence-electron chi connectivity index (χ3n) is 3.06. The fourth-order valence-corrected chi connectivity index (χ4v) is 2.08. The van der Waals surface area contributed by atoms with Crippen molar-refractivity contribution < 1.29 is 4.79 Å². The molecule has 0 aromatic carbocycles. The van der Waals surface area contributed by atoms with Gasteiger partial charge in [0.15, 0.2) is 0 Å². The van der Waals surface area contributed by atoms with E-state index in [0.717, 1.165) is 45.4 Å². The van der Waals surface area contributed by atoms with Crippen LogP contribution in [-0.4, -0.2) is 56.0 Å². The molecule has 15 heavy (non-hydrogen) atoms. The molecule has 4 heteroatoms. The number of hydrogen-bond donors (Lipinski definition) is 1. The molecule has 0 aliphatic carbocycles. The van der Waals surface area contributed by atoms with Crippen LogP contribution >= 0.6 is 0 Å².